The minimum atomic E-state index is -0.985. The van der Waals surface area contributed by atoms with Crippen molar-refractivity contribution in [2.45, 2.75) is 33.1 Å². The third-order valence-corrected chi connectivity index (χ3v) is 3.93. The molecule has 0 unspecified atom stereocenters. The summed E-state index contributed by atoms with van der Waals surface area (Å²) < 4.78 is 5.82. The van der Waals surface area contributed by atoms with Crippen LogP contribution in [-0.4, -0.2) is 22.7 Å². The van der Waals surface area contributed by atoms with Crippen LogP contribution in [0.4, 0.5) is 0 Å². The molecule has 2 rings (SSSR count). The molecular formula is C16H19NO3S. The van der Waals surface area contributed by atoms with Gasteiger partial charge in [0.05, 0.1) is 11.6 Å². The van der Waals surface area contributed by atoms with Crippen molar-refractivity contribution in [3.63, 3.8) is 0 Å². The molecule has 4 nitrogen and oxygen atoms in total. The first kappa shape index (κ1) is 15.5. The zero-order valence-corrected chi connectivity index (χ0v) is 13.1. The number of aryl methyl sites for hydroxylation is 1. The Morgan fingerprint density at radius 1 is 1.43 bits per heavy atom. The molecule has 1 N–H and O–H groups in total. The lowest BCUT2D eigenvalue weighted by Gasteiger charge is -2.11. The van der Waals surface area contributed by atoms with Crippen LogP contribution in [0, 0.1) is 6.92 Å². The lowest BCUT2D eigenvalue weighted by atomic mass is 10.1. The Kier molecular flexibility index (Phi) is 5.33. The highest BCUT2D eigenvalue weighted by atomic mass is 32.1. The summed E-state index contributed by atoms with van der Waals surface area (Å²) in [6, 6.07) is 6.07. The number of unbranched alkanes of at least 4 members (excludes halogenated alkanes) is 1. The number of carboxylic acid groups (broad SMARTS) is 1. The van der Waals surface area contributed by atoms with Gasteiger partial charge in [-0.3, -0.25) is 0 Å². The second-order valence-electron chi connectivity index (χ2n) is 4.92. The van der Waals surface area contributed by atoms with E-state index in [1.807, 2.05) is 19.1 Å². The van der Waals surface area contributed by atoms with Gasteiger partial charge in [-0.2, -0.15) is 0 Å². The normalized spacial score (nSPS) is 10.6. The van der Waals surface area contributed by atoms with Gasteiger partial charge in [0.1, 0.15) is 5.75 Å². The van der Waals surface area contributed by atoms with Crippen molar-refractivity contribution in [2.75, 3.05) is 6.61 Å². The molecule has 2 aromatic rings. The number of thiazole rings is 1. The van der Waals surface area contributed by atoms with Gasteiger partial charge in [0, 0.05) is 17.4 Å². The fourth-order valence-corrected chi connectivity index (χ4v) is 2.76. The molecule has 0 spiro atoms. The number of carbonyl (C=O) groups is 1. The van der Waals surface area contributed by atoms with E-state index in [1.165, 1.54) is 11.3 Å². The number of aromatic carboxylic acids is 1. The van der Waals surface area contributed by atoms with Gasteiger partial charge >= 0.3 is 5.97 Å². The molecular weight excluding hydrogens is 286 g/mol. The molecule has 112 valence electrons. The van der Waals surface area contributed by atoms with E-state index in [4.69, 9.17) is 9.84 Å². The van der Waals surface area contributed by atoms with Crippen molar-refractivity contribution in [3.8, 4) is 5.75 Å². The summed E-state index contributed by atoms with van der Waals surface area (Å²) in [5.41, 5.74) is 2.32. The molecule has 0 amide bonds. The van der Waals surface area contributed by atoms with Crippen LogP contribution in [0.2, 0.25) is 0 Å². The summed E-state index contributed by atoms with van der Waals surface area (Å²) in [5.74, 6) is -0.123. The minimum Gasteiger partial charge on any atom is -0.493 e. The van der Waals surface area contributed by atoms with Crippen LogP contribution >= 0.6 is 11.3 Å². The van der Waals surface area contributed by atoms with Crippen LogP contribution in [0.25, 0.3) is 0 Å². The Labute approximate surface area is 128 Å². The minimum absolute atomic E-state index is 0.108. The number of nitrogens with zero attached hydrogens (tertiary/aromatic N) is 1. The second-order valence-corrected chi connectivity index (χ2v) is 5.86. The summed E-state index contributed by atoms with van der Waals surface area (Å²) in [5, 5.41) is 11.3. The molecule has 5 heteroatoms. The summed E-state index contributed by atoms with van der Waals surface area (Å²) in [4.78, 5) is 15.0. The van der Waals surface area contributed by atoms with E-state index in [0.717, 1.165) is 34.7 Å². The van der Waals surface area contributed by atoms with Gasteiger partial charge in [-0.1, -0.05) is 31.0 Å². The molecule has 1 aromatic heterocycles. The number of aromatic nitrogens is 1. The van der Waals surface area contributed by atoms with Crippen LogP contribution in [0.15, 0.2) is 23.6 Å². The summed E-state index contributed by atoms with van der Waals surface area (Å²) in [6.07, 6.45) is 2.71. The molecule has 0 radical (unpaired) electrons. The van der Waals surface area contributed by atoms with E-state index in [2.05, 4.69) is 18.0 Å². The van der Waals surface area contributed by atoms with Crippen LogP contribution in [0.5, 0.6) is 5.75 Å². The molecule has 1 aromatic carbocycles. The smallest absolute Gasteiger partial charge is 0.355 e. The number of hydrogen-bond acceptors (Lipinski definition) is 4. The number of hydrogen-bond donors (Lipinski definition) is 1. The Bertz CT molecular complexity index is 622. The van der Waals surface area contributed by atoms with Gasteiger partial charge in [0.2, 0.25) is 0 Å². The van der Waals surface area contributed by atoms with E-state index in [-0.39, 0.29) is 5.69 Å². The number of rotatable bonds is 7. The highest BCUT2D eigenvalue weighted by Crippen LogP contribution is 2.25. The van der Waals surface area contributed by atoms with Crippen molar-refractivity contribution >= 4 is 17.3 Å². The van der Waals surface area contributed by atoms with E-state index < -0.39 is 5.97 Å². The third kappa shape index (κ3) is 4.29. The van der Waals surface area contributed by atoms with E-state index >= 15 is 0 Å². The largest absolute Gasteiger partial charge is 0.493 e. The van der Waals surface area contributed by atoms with E-state index in [9.17, 15) is 4.79 Å². The average molecular weight is 305 g/mol. The standard InChI is InChI=1S/C16H19NO3S/c1-3-4-7-20-14-6-5-11(2)8-12(14)9-15-17-13(10-21-15)16(18)19/h5-6,8,10H,3-4,7,9H2,1-2H3,(H,18,19). The molecule has 0 saturated carbocycles. The maximum atomic E-state index is 10.9. The zero-order valence-electron chi connectivity index (χ0n) is 12.3. The van der Waals surface area contributed by atoms with Gasteiger partial charge in [-0.15, -0.1) is 11.3 Å². The third-order valence-electron chi connectivity index (χ3n) is 3.08. The highest BCUT2D eigenvalue weighted by Gasteiger charge is 2.11. The molecule has 21 heavy (non-hydrogen) atoms. The van der Waals surface area contributed by atoms with Crippen LogP contribution in [-0.2, 0) is 6.42 Å². The summed E-state index contributed by atoms with van der Waals surface area (Å²) in [7, 11) is 0. The van der Waals surface area contributed by atoms with Crippen molar-refractivity contribution in [3.05, 3.63) is 45.4 Å². The number of benzene rings is 1. The number of ether oxygens (including phenoxy) is 1. The van der Waals surface area contributed by atoms with E-state index in [0.29, 0.717) is 13.0 Å². The number of carboxylic acids is 1. The van der Waals surface area contributed by atoms with Gasteiger partial charge in [0.15, 0.2) is 5.69 Å². The molecule has 0 bridgehead atoms. The topological polar surface area (TPSA) is 59.4 Å². The molecule has 0 aliphatic carbocycles. The van der Waals surface area contributed by atoms with Crippen LogP contribution < -0.4 is 4.74 Å². The lowest BCUT2D eigenvalue weighted by molar-refractivity contribution is 0.0691. The highest BCUT2D eigenvalue weighted by molar-refractivity contribution is 7.09. The Morgan fingerprint density at radius 2 is 2.24 bits per heavy atom. The Balaban J connectivity index is 2.16. The fraction of sp³-hybridized carbons (Fsp3) is 0.375. The van der Waals surface area contributed by atoms with Crippen molar-refractivity contribution in [1.29, 1.82) is 0 Å². The average Bonchev–Trinajstić information content (AvgIpc) is 2.90. The van der Waals surface area contributed by atoms with Gasteiger partial charge in [-0.05, 0) is 19.4 Å². The fourth-order valence-electron chi connectivity index (χ4n) is 1.97. The lowest BCUT2D eigenvalue weighted by Crippen LogP contribution is -2.01. The Hall–Kier alpha value is -1.88. The van der Waals surface area contributed by atoms with Gasteiger partial charge in [0.25, 0.3) is 0 Å². The first-order valence-electron chi connectivity index (χ1n) is 7.00. The molecule has 0 aliphatic heterocycles. The first-order valence-corrected chi connectivity index (χ1v) is 7.88. The van der Waals surface area contributed by atoms with Crippen molar-refractivity contribution in [2.24, 2.45) is 0 Å². The van der Waals surface area contributed by atoms with E-state index in [1.54, 1.807) is 5.38 Å². The predicted octanol–water partition coefficient (Wildman–Crippen LogP) is 3.92. The Morgan fingerprint density at radius 3 is 2.90 bits per heavy atom. The molecule has 0 fully saturated rings. The quantitative estimate of drug-likeness (QED) is 0.788. The van der Waals surface area contributed by atoms with Crippen molar-refractivity contribution in [1.82, 2.24) is 4.98 Å². The maximum Gasteiger partial charge on any atom is 0.355 e. The zero-order chi connectivity index (χ0) is 15.2. The van der Waals surface area contributed by atoms with Gasteiger partial charge < -0.3 is 9.84 Å². The van der Waals surface area contributed by atoms with Crippen LogP contribution in [0.3, 0.4) is 0 Å². The first-order chi connectivity index (χ1) is 10.1. The SMILES string of the molecule is CCCCOc1ccc(C)cc1Cc1nc(C(=O)O)cs1. The summed E-state index contributed by atoms with van der Waals surface area (Å²) >= 11 is 1.37. The molecule has 0 aliphatic rings. The van der Waals surface area contributed by atoms with Gasteiger partial charge in [-0.25, -0.2) is 9.78 Å². The molecule has 1 heterocycles. The second kappa shape index (κ2) is 7.22. The van der Waals surface area contributed by atoms with Crippen LogP contribution in [0.1, 0.15) is 46.4 Å². The molecule has 0 atom stereocenters. The summed E-state index contributed by atoms with van der Waals surface area (Å²) in [6.45, 7) is 4.86. The monoisotopic (exact) mass is 305 g/mol. The maximum absolute atomic E-state index is 10.9. The molecule has 0 saturated heterocycles. The van der Waals surface area contributed by atoms with Crippen molar-refractivity contribution < 1.29 is 14.6 Å². The predicted molar refractivity (Wildman–Crippen MR) is 83.5 cm³/mol.